The fourth-order valence-corrected chi connectivity index (χ4v) is 5.14. The molecule has 5 rings (SSSR count). The number of nitrogens with zero attached hydrogens (tertiary/aromatic N) is 2. The Balaban J connectivity index is 1.43. The average Bonchev–Trinajstić information content (AvgIpc) is 3.50. The van der Waals surface area contributed by atoms with Gasteiger partial charge in [-0.1, -0.05) is 6.07 Å². The van der Waals surface area contributed by atoms with E-state index < -0.39 is 0 Å². The first kappa shape index (κ1) is 19.9. The first-order chi connectivity index (χ1) is 15.1. The van der Waals surface area contributed by atoms with Gasteiger partial charge in [-0.15, -0.1) is 11.3 Å². The lowest BCUT2D eigenvalue weighted by molar-refractivity contribution is -0.149. The molecule has 2 aliphatic rings. The number of rotatable bonds is 5. The fourth-order valence-electron chi connectivity index (χ4n) is 4.32. The van der Waals surface area contributed by atoms with Gasteiger partial charge in [0.05, 0.1) is 22.7 Å². The summed E-state index contributed by atoms with van der Waals surface area (Å²) in [4.78, 5) is 27.5. The molecule has 0 saturated carbocycles. The molecule has 1 unspecified atom stereocenters. The monoisotopic (exact) mass is 440 g/mol. The van der Waals surface area contributed by atoms with Crippen molar-refractivity contribution < 1.29 is 23.8 Å². The molecule has 1 atom stereocenters. The minimum absolute atomic E-state index is 0.0434. The van der Waals surface area contributed by atoms with Crippen molar-refractivity contribution in [3.05, 3.63) is 47.0 Å². The van der Waals surface area contributed by atoms with Gasteiger partial charge in [0.1, 0.15) is 5.69 Å². The van der Waals surface area contributed by atoms with E-state index in [0.29, 0.717) is 31.9 Å². The Morgan fingerprint density at radius 1 is 1.19 bits per heavy atom. The molecular weight excluding hydrogens is 416 g/mol. The predicted octanol–water partition coefficient (Wildman–Crippen LogP) is 3.90. The molecule has 31 heavy (non-hydrogen) atoms. The third-order valence-corrected chi connectivity index (χ3v) is 6.70. The summed E-state index contributed by atoms with van der Waals surface area (Å²) in [7, 11) is 0. The lowest BCUT2D eigenvalue weighted by atomic mass is 9.98. The fraction of sp³-hybridized carbons (Fsp3) is 0.391. The van der Waals surface area contributed by atoms with Gasteiger partial charge >= 0.3 is 5.97 Å². The van der Waals surface area contributed by atoms with Gasteiger partial charge in [0.25, 0.3) is 5.91 Å². The van der Waals surface area contributed by atoms with Crippen LogP contribution in [-0.4, -0.2) is 47.8 Å². The van der Waals surface area contributed by atoms with Crippen molar-refractivity contribution in [3.8, 4) is 11.5 Å². The number of carbonyl (C=O) groups excluding carboxylic acids is 2. The summed E-state index contributed by atoms with van der Waals surface area (Å²) >= 11 is 1.62. The maximum Gasteiger partial charge on any atom is 0.310 e. The largest absolute Gasteiger partial charge is 0.466 e. The number of hydrogen-bond donors (Lipinski definition) is 0. The van der Waals surface area contributed by atoms with Gasteiger partial charge < -0.3 is 23.7 Å². The highest BCUT2D eigenvalue weighted by Crippen LogP contribution is 2.34. The second kappa shape index (κ2) is 8.26. The third kappa shape index (κ3) is 3.76. The van der Waals surface area contributed by atoms with Crippen molar-refractivity contribution in [3.63, 3.8) is 0 Å². The van der Waals surface area contributed by atoms with E-state index >= 15 is 0 Å². The number of thiophene rings is 1. The highest BCUT2D eigenvalue weighted by molar-refractivity contribution is 7.17. The Morgan fingerprint density at radius 2 is 2.06 bits per heavy atom. The van der Waals surface area contributed by atoms with Crippen molar-refractivity contribution in [1.29, 1.82) is 0 Å². The summed E-state index contributed by atoms with van der Waals surface area (Å²) in [6, 6.07) is 9.87. The summed E-state index contributed by atoms with van der Waals surface area (Å²) in [5.41, 5.74) is 2.71. The molecule has 0 bridgehead atoms. The van der Waals surface area contributed by atoms with Crippen molar-refractivity contribution in [2.75, 3.05) is 26.5 Å². The Hall–Kier alpha value is -3.00. The van der Waals surface area contributed by atoms with Crippen LogP contribution in [0.2, 0.25) is 0 Å². The summed E-state index contributed by atoms with van der Waals surface area (Å²) in [6.07, 6.45) is 1.56. The van der Waals surface area contributed by atoms with E-state index in [1.54, 1.807) is 23.2 Å². The van der Waals surface area contributed by atoms with Gasteiger partial charge in [-0.3, -0.25) is 9.59 Å². The molecule has 7 nitrogen and oxygen atoms in total. The molecule has 1 fully saturated rings. The van der Waals surface area contributed by atoms with E-state index in [9.17, 15) is 9.59 Å². The lowest BCUT2D eigenvalue weighted by Gasteiger charge is -2.31. The molecule has 2 aromatic heterocycles. The third-order valence-electron chi connectivity index (χ3n) is 5.85. The van der Waals surface area contributed by atoms with Crippen LogP contribution in [0.4, 0.5) is 0 Å². The second-order valence-corrected chi connectivity index (χ2v) is 8.76. The SMILES string of the molecule is CCOC(=O)C1CCCN(C(=O)c2cc3sccc3n2Cc2ccc3c(c2)OCO3)C1. The first-order valence-electron chi connectivity index (χ1n) is 10.5. The van der Waals surface area contributed by atoms with Gasteiger partial charge in [0.15, 0.2) is 11.5 Å². The maximum atomic E-state index is 13.5. The second-order valence-electron chi connectivity index (χ2n) is 7.82. The Morgan fingerprint density at radius 3 is 2.94 bits per heavy atom. The number of amides is 1. The van der Waals surface area contributed by atoms with E-state index in [1.165, 1.54) is 0 Å². The lowest BCUT2D eigenvalue weighted by Crippen LogP contribution is -2.43. The van der Waals surface area contributed by atoms with Crippen LogP contribution in [-0.2, 0) is 16.1 Å². The first-order valence-corrected chi connectivity index (χ1v) is 11.4. The van der Waals surface area contributed by atoms with Crippen LogP contribution in [0.25, 0.3) is 10.2 Å². The van der Waals surface area contributed by atoms with Gasteiger partial charge in [0, 0.05) is 19.6 Å². The molecule has 1 aromatic carbocycles. The Labute approximate surface area is 184 Å². The normalized spacial score (nSPS) is 17.8. The van der Waals surface area contributed by atoms with E-state index in [2.05, 4.69) is 4.57 Å². The number of hydrogen-bond acceptors (Lipinski definition) is 6. The zero-order valence-electron chi connectivity index (χ0n) is 17.3. The zero-order chi connectivity index (χ0) is 21.4. The summed E-state index contributed by atoms with van der Waals surface area (Å²) < 4.78 is 19.2. The standard InChI is InChI=1S/C23H24N2O5S/c1-2-28-23(27)16-4-3-8-24(13-16)22(26)18-11-21-17(7-9-31-21)25(18)12-15-5-6-19-20(10-15)30-14-29-19/h5-7,9-11,16H,2-4,8,12-14H2,1H3. The number of fused-ring (bicyclic) bond motifs is 2. The number of aromatic nitrogens is 1. The maximum absolute atomic E-state index is 13.5. The zero-order valence-corrected chi connectivity index (χ0v) is 18.2. The molecule has 0 N–H and O–H groups in total. The summed E-state index contributed by atoms with van der Waals surface area (Å²) in [5.74, 6) is 0.963. The van der Waals surface area contributed by atoms with Crippen LogP contribution in [0.5, 0.6) is 11.5 Å². The van der Waals surface area contributed by atoms with Crippen molar-refractivity contribution in [2.45, 2.75) is 26.3 Å². The number of carbonyl (C=O) groups is 2. The van der Waals surface area contributed by atoms with Crippen LogP contribution in [0, 0.1) is 5.92 Å². The minimum Gasteiger partial charge on any atom is -0.466 e. The molecule has 0 radical (unpaired) electrons. The van der Waals surface area contributed by atoms with E-state index in [1.807, 2.05) is 35.7 Å². The van der Waals surface area contributed by atoms with E-state index in [-0.39, 0.29) is 24.6 Å². The van der Waals surface area contributed by atoms with E-state index in [4.69, 9.17) is 14.2 Å². The van der Waals surface area contributed by atoms with Crippen LogP contribution in [0.3, 0.4) is 0 Å². The number of esters is 1. The number of benzene rings is 1. The quantitative estimate of drug-likeness (QED) is 0.563. The Kier molecular flexibility index (Phi) is 5.31. The molecule has 2 aliphatic heterocycles. The van der Waals surface area contributed by atoms with Crippen molar-refractivity contribution in [1.82, 2.24) is 9.47 Å². The topological polar surface area (TPSA) is 70.0 Å². The summed E-state index contributed by atoms with van der Waals surface area (Å²) in [6.45, 7) is 4.00. The van der Waals surface area contributed by atoms with Crippen LogP contribution < -0.4 is 9.47 Å². The molecule has 162 valence electrons. The van der Waals surface area contributed by atoms with Gasteiger partial charge in [-0.05, 0) is 55.0 Å². The predicted molar refractivity (Wildman–Crippen MR) is 117 cm³/mol. The van der Waals surface area contributed by atoms with Gasteiger partial charge in [-0.25, -0.2) is 0 Å². The molecule has 0 spiro atoms. The smallest absolute Gasteiger partial charge is 0.310 e. The van der Waals surface area contributed by atoms with Crippen molar-refractivity contribution in [2.24, 2.45) is 5.92 Å². The highest BCUT2D eigenvalue weighted by Gasteiger charge is 2.31. The molecule has 1 amide bonds. The van der Waals surface area contributed by atoms with Gasteiger partial charge in [0.2, 0.25) is 6.79 Å². The average molecular weight is 441 g/mol. The highest BCUT2D eigenvalue weighted by atomic mass is 32.1. The van der Waals surface area contributed by atoms with E-state index in [0.717, 1.165) is 40.1 Å². The molecule has 3 aromatic rings. The Bertz CT molecular complexity index is 1130. The minimum atomic E-state index is -0.254. The number of ether oxygens (including phenoxy) is 3. The molecule has 1 saturated heterocycles. The number of piperidine rings is 1. The number of likely N-dealkylation sites (tertiary alicyclic amines) is 1. The van der Waals surface area contributed by atoms with Crippen molar-refractivity contribution >= 4 is 33.4 Å². The van der Waals surface area contributed by atoms with Crippen LogP contribution in [0.1, 0.15) is 35.8 Å². The summed E-state index contributed by atoms with van der Waals surface area (Å²) in [5, 5.41) is 2.03. The van der Waals surface area contributed by atoms with Gasteiger partial charge in [-0.2, -0.15) is 0 Å². The molecule has 4 heterocycles. The molecule has 0 aliphatic carbocycles. The van der Waals surface area contributed by atoms with Crippen LogP contribution in [0.15, 0.2) is 35.7 Å². The molecular formula is C23H24N2O5S. The van der Waals surface area contributed by atoms with Crippen LogP contribution >= 0.6 is 11.3 Å². The molecule has 8 heteroatoms.